The summed E-state index contributed by atoms with van der Waals surface area (Å²) < 4.78 is 2.17. The van der Waals surface area contributed by atoms with Gasteiger partial charge in [-0.25, -0.2) is 9.97 Å². The Balaban J connectivity index is 1.42. The van der Waals surface area contributed by atoms with Crippen LogP contribution in [0.1, 0.15) is 43.6 Å². The summed E-state index contributed by atoms with van der Waals surface area (Å²) in [6.45, 7) is 12.8. The molecule has 0 bridgehead atoms. The number of hydrogen-bond donors (Lipinski definition) is 2. The third-order valence-electron chi connectivity index (χ3n) is 7.18. The highest BCUT2D eigenvalue weighted by atomic mass is 15.2. The first-order valence-corrected chi connectivity index (χ1v) is 12.1. The Kier molecular flexibility index (Phi) is 5.94. The maximum atomic E-state index is 5.01. The summed E-state index contributed by atoms with van der Waals surface area (Å²) in [5.41, 5.74) is 6.58. The van der Waals surface area contributed by atoms with E-state index in [0.717, 1.165) is 77.2 Å². The molecule has 5 rings (SSSR count). The first-order valence-electron chi connectivity index (χ1n) is 12.1. The van der Waals surface area contributed by atoms with Crippen molar-refractivity contribution >= 4 is 34.2 Å². The Labute approximate surface area is 196 Å². The van der Waals surface area contributed by atoms with Gasteiger partial charge < -0.3 is 20.1 Å². The third-order valence-corrected chi connectivity index (χ3v) is 7.18. The molecule has 2 fully saturated rings. The first-order chi connectivity index (χ1) is 16.0. The van der Waals surface area contributed by atoms with Crippen LogP contribution in [0.4, 0.5) is 5.82 Å². The van der Waals surface area contributed by atoms with E-state index in [4.69, 9.17) is 4.98 Å². The van der Waals surface area contributed by atoms with Gasteiger partial charge in [0.05, 0.1) is 11.0 Å². The fraction of sp³-hybridized carbons (Fsp3) is 0.407. The first kappa shape index (κ1) is 21.7. The zero-order chi connectivity index (χ0) is 22.9. The second-order valence-corrected chi connectivity index (χ2v) is 9.29. The minimum Gasteiger partial charge on any atom is -0.370 e. The van der Waals surface area contributed by atoms with Crippen LogP contribution in [0.2, 0.25) is 0 Å². The molecule has 3 aromatic rings. The lowest BCUT2D eigenvalue weighted by molar-refractivity contribution is 0.231. The molecular formula is C27H34N6. The number of aromatic nitrogens is 3. The fourth-order valence-electron chi connectivity index (χ4n) is 5.34. The molecule has 0 amide bonds. The standard InChI is InChI=1S/C27H34N6/c1-5-28-26-22(7-6-12-30-26)15-18(2)27-31-23-16-21(8-9-25(23)32(27)4)19(3)33-14-11-20-10-13-29-24(20)17-33/h6-9,12,15-16,20,24,29H,3,5,10-11,13-14,17H2,1-2,4H3,(H,28,30)/b18-15+/t20-,24+/m1/s1. The molecule has 172 valence electrons. The molecular weight excluding hydrogens is 408 g/mol. The summed E-state index contributed by atoms with van der Waals surface area (Å²) in [4.78, 5) is 11.9. The predicted molar refractivity (Wildman–Crippen MR) is 138 cm³/mol. The van der Waals surface area contributed by atoms with Crippen molar-refractivity contribution in [3.8, 4) is 0 Å². The maximum Gasteiger partial charge on any atom is 0.136 e. The molecule has 2 aliphatic heterocycles. The van der Waals surface area contributed by atoms with Crippen molar-refractivity contribution in [2.75, 3.05) is 31.5 Å². The van der Waals surface area contributed by atoms with Gasteiger partial charge >= 0.3 is 0 Å². The number of piperidine rings is 1. The number of likely N-dealkylation sites (tertiary alicyclic amines) is 1. The largest absolute Gasteiger partial charge is 0.370 e. The lowest BCUT2D eigenvalue weighted by Gasteiger charge is -2.37. The Hall–Kier alpha value is -3.12. The van der Waals surface area contributed by atoms with Gasteiger partial charge in [0.1, 0.15) is 11.6 Å². The number of nitrogens with zero attached hydrogens (tertiary/aromatic N) is 4. The van der Waals surface area contributed by atoms with E-state index in [1.807, 2.05) is 12.3 Å². The van der Waals surface area contributed by atoms with Crippen LogP contribution in [0.5, 0.6) is 0 Å². The van der Waals surface area contributed by atoms with E-state index in [2.05, 4.69) is 82.9 Å². The smallest absolute Gasteiger partial charge is 0.136 e. The van der Waals surface area contributed by atoms with Gasteiger partial charge in [0, 0.05) is 50.2 Å². The molecule has 2 aromatic heterocycles. The van der Waals surface area contributed by atoms with Crippen molar-refractivity contribution < 1.29 is 0 Å². The Morgan fingerprint density at radius 2 is 2.18 bits per heavy atom. The second-order valence-electron chi connectivity index (χ2n) is 9.29. The minimum atomic E-state index is 0.605. The van der Waals surface area contributed by atoms with Gasteiger partial charge in [-0.3, -0.25) is 0 Å². The highest BCUT2D eigenvalue weighted by Gasteiger charge is 2.33. The number of imidazole rings is 1. The molecule has 2 atom stereocenters. The lowest BCUT2D eigenvalue weighted by atomic mass is 9.92. The summed E-state index contributed by atoms with van der Waals surface area (Å²) in [5, 5.41) is 7.00. The number of benzene rings is 1. The van der Waals surface area contributed by atoms with E-state index < -0.39 is 0 Å². The maximum absolute atomic E-state index is 5.01. The molecule has 2 aliphatic rings. The van der Waals surface area contributed by atoms with E-state index in [0.29, 0.717) is 6.04 Å². The number of hydrogen-bond acceptors (Lipinski definition) is 5. The van der Waals surface area contributed by atoms with Crippen LogP contribution in [0, 0.1) is 5.92 Å². The van der Waals surface area contributed by atoms with E-state index in [1.54, 1.807) is 0 Å². The number of anilines is 1. The van der Waals surface area contributed by atoms with Gasteiger partial charge in [0.25, 0.3) is 0 Å². The molecule has 2 N–H and O–H groups in total. The molecule has 6 nitrogen and oxygen atoms in total. The minimum absolute atomic E-state index is 0.605. The fourth-order valence-corrected chi connectivity index (χ4v) is 5.34. The van der Waals surface area contributed by atoms with Crippen LogP contribution >= 0.6 is 0 Å². The second kappa shape index (κ2) is 9.02. The normalized spacial score (nSPS) is 20.8. The average molecular weight is 443 g/mol. The number of aryl methyl sites for hydroxylation is 1. The van der Waals surface area contributed by atoms with Crippen LogP contribution in [0.3, 0.4) is 0 Å². The molecule has 0 unspecified atom stereocenters. The lowest BCUT2D eigenvalue weighted by Crippen LogP contribution is -2.45. The average Bonchev–Trinajstić information content (AvgIpc) is 3.43. The molecule has 6 heteroatoms. The van der Waals surface area contributed by atoms with Crippen molar-refractivity contribution in [3.05, 3.63) is 60.1 Å². The zero-order valence-electron chi connectivity index (χ0n) is 19.9. The molecule has 0 aliphatic carbocycles. The van der Waals surface area contributed by atoms with E-state index >= 15 is 0 Å². The molecule has 0 spiro atoms. The quantitative estimate of drug-likeness (QED) is 0.584. The Morgan fingerprint density at radius 3 is 3.03 bits per heavy atom. The van der Waals surface area contributed by atoms with Crippen LogP contribution in [0.15, 0.2) is 43.1 Å². The Bertz CT molecular complexity index is 1210. The SMILES string of the molecule is C=C(c1ccc2c(c1)nc(/C(C)=C/c1cccnc1NCC)n2C)N1CC[C@H]2CCN[C@H]2C1. The van der Waals surface area contributed by atoms with Gasteiger partial charge in [-0.2, -0.15) is 0 Å². The molecule has 2 saturated heterocycles. The zero-order valence-corrected chi connectivity index (χ0v) is 19.9. The highest BCUT2D eigenvalue weighted by Crippen LogP contribution is 2.31. The monoisotopic (exact) mass is 442 g/mol. The number of rotatable bonds is 6. The topological polar surface area (TPSA) is 58.0 Å². The van der Waals surface area contributed by atoms with E-state index in [1.165, 1.54) is 12.8 Å². The van der Waals surface area contributed by atoms with Gasteiger partial charge in [0.2, 0.25) is 0 Å². The van der Waals surface area contributed by atoms with Crippen LogP contribution in [-0.4, -0.2) is 51.7 Å². The molecule has 1 aromatic carbocycles. The summed E-state index contributed by atoms with van der Waals surface area (Å²) in [6, 6.07) is 11.2. The van der Waals surface area contributed by atoms with E-state index in [9.17, 15) is 0 Å². The number of pyridine rings is 1. The van der Waals surface area contributed by atoms with Crippen LogP contribution in [-0.2, 0) is 7.05 Å². The summed E-state index contributed by atoms with van der Waals surface area (Å²) in [6.07, 6.45) is 6.54. The van der Waals surface area contributed by atoms with Crippen LogP contribution in [0.25, 0.3) is 28.4 Å². The number of allylic oxidation sites excluding steroid dienone is 1. The van der Waals surface area contributed by atoms with Crippen molar-refractivity contribution in [2.24, 2.45) is 13.0 Å². The molecule has 4 heterocycles. The van der Waals surface area contributed by atoms with Gasteiger partial charge in [-0.15, -0.1) is 0 Å². The third kappa shape index (κ3) is 4.15. The summed E-state index contributed by atoms with van der Waals surface area (Å²) in [7, 11) is 2.08. The summed E-state index contributed by atoms with van der Waals surface area (Å²) in [5.74, 6) is 2.70. The Morgan fingerprint density at radius 1 is 1.30 bits per heavy atom. The van der Waals surface area contributed by atoms with Crippen molar-refractivity contribution in [1.82, 2.24) is 24.8 Å². The van der Waals surface area contributed by atoms with E-state index in [-0.39, 0.29) is 0 Å². The molecule has 0 radical (unpaired) electrons. The van der Waals surface area contributed by atoms with Gasteiger partial charge in [-0.1, -0.05) is 12.6 Å². The van der Waals surface area contributed by atoms with Gasteiger partial charge in [0.15, 0.2) is 0 Å². The molecule has 0 saturated carbocycles. The highest BCUT2D eigenvalue weighted by molar-refractivity contribution is 5.87. The van der Waals surface area contributed by atoms with Crippen molar-refractivity contribution in [3.63, 3.8) is 0 Å². The van der Waals surface area contributed by atoms with Crippen LogP contribution < -0.4 is 10.6 Å². The number of nitrogens with one attached hydrogen (secondary N) is 2. The number of fused-ring (bicyclic) bond motifs is 2. The van der Waals surface area contributed by atoms with Crippen molar-refractivity contribution in [1.29, 1.82) is 0 Å². The van der Waals surface area contributed by atoms with Crippen molar-refractivity contribution in [2.45, 2.75) is 32.7 Å². The molecule has 33 heavy (non-hydrogen) atoms. The summed E-state index contributed by atoms with van der Waals surface area (Å²) >= 11 is 0. The predicted octanol–water partition coefficient (Wildman–Crippen LogP) is 4.62. The van der Waals surface area contributed by atoms with Gasteiger partial charge in [-0.05, 0) is 80.6 Å².